The summed E-state index contributed by atoms with van der Waals surface area (Å²) >= 11 is 0. The molecule has 0 aromatic rings. The van der Waals surface area contributed by atoms with Crippen molar-refractivity contribution in [3.63, 3.8) is 0 Å². The third kappa shape index (κ3) is 6.42. The Balaban J connectivity index is 1.80. The molecule has 2 fully saturated rings. The lowest BCUT2D eigenvalue weighted by atomic mass is 9.87. The summed E-state index contributed by atoms with van der Waals surface area (Å²) in [5.41, 5.74) is 0. The maximum Gasteiger partial charge on any atom is 0.305 e. The van der Waals surface area contributed by atoms with E-state index in [1.165, 1.54) is 52.2 Å². The van der Waals surface area contributed by atoms with E-state index in [1.807, 2.05) is 0 Å². The highest BCUT2D eigenvalue weighted by molar-refractivity contribution is 5.69. The van der Waals surface area contributed by atoms with Crippen molar-refractivity contribution in [3.8, 4) is 0 Å². The minimum atomic E-state index is -0.0709. The molecule has 1 aliphatic heterocycles. The highest BCUT2D eigenvalue weighted by Gasteiger charge is 2.29. The number of carbonyl (C=O) groups excluding carboxylic acids is 1. The normalized spacial score (nSPS) is 27.3. The molecular weight excluding hydrogens is 288 g/mol. The van der Waals surface area contributed by atoms with E-state index in [4.69, 9.17) is 4.74 Å². The summed E-state index contributed by atoms with van der Waals surface area (Å²) in [6, 6.07) is 1.16. The first kappa shape index (κ1) is 18.7. The molecule has 2 rings (SSSR count). The zero-order valence-corrected chi connectivity index (χ0v) is 15.4. The van der Waals surface area contributed by atoms with Crippen LogP contribution in [0.25, 0.3) is 0 Å². The van der Waals surface area contributed by atoms with Crippen molar-refractivity contribution >= 4 is 5.97 Å². The Hall–Kier alpha value is -0.610. The maximum atomic E-state index is 11.4. The van der Waals surface area contributed by atoms with Crippen molar-refractivity contribution in [2.45, 2.75) is 77.3 Å². The van der Waals surface area contributed by atoms with E-state index in [9.17, 15) is 4.79 Å². The summed E-state index contributed by atoms with van der Waals surface area (Å²) in [5, 5.41) is 3.85. The predicted octanol–water partition coefficient (Wildman–Crippen LogP) is 3.21. The Morgan fingerprint density at radius 1 is 1.17 bits per heavy atom. The number of ether oxygens (including phenoxy) is 1. The van der Waals surface area contributed by atoms with Crippen molar-refractivity contribution in [3.05, 3.63) is 0 Å². The van der Waals surface area contributed by atoms with E-state index < -0.39 is 0 Å². The standard InChI is InChI=1S/C19H36N2O2/c1-15(2)21-13-17(9-10-19(22)23-3)11-18(14-21)20-12-16-7-5-4-6-8-16/h15-18,20H,4-14H2,1-3H3. The van der Waals surface area contributed by atoms with Crippen LogP contribution in [0, 0.1) is 11.8 Å². The van der Waals surface area contributed by atoms with Crippen molar-refractivity contribution in [1.29, 1.82) is 0 Å². The Bertz CT molecular complexity index is 353. The average Bonchev–Trinajstić information content (AvgIpc) is 2.58. The molecule has 1 aliphatic carbocycles. The Morgan fingerprint density at radius 3 is 2.57 bits per heavy atom. The van der Waals surface area contributed by atoms with Crippen molar-refractivity contribution in [1.82, 2.24) is 10.2 Å². The summed E-state index contributed by atoms with van der Waals surface area (Å²) in [4.78, 5) is 14.0. The smallest absolute Gasteiger partial charge is 0.305 e. The van der Waals surface area contributed by atoms with Crippen LogP contribution in [-0.4, -0.2) is 49.7 Å². The number of likely N-dealkylation sites (tertiary alicyclic amines) is 1. The molecule has 0 amide bonds. The van der Waals surface area contributed by atoms with Crippen molar-refractivity contribution < 1.29 is 9.53 Å². The van der Waals surface area contributed by atoms with Crippen LogP contribution >= 0.6 is 0 Å². The molecular formula is C19H36N2O2. The number of nitrogens with one attached hydrogen (secondary N) is 1. The molecule has 134 valence electrons. The van der Waals surface area contributed by atoms with Gasteiger partial charge in [0, 0.05) is 31.6 Å². The van der Waals surface area contributed by atoms with E-state index in [0.29, 0.717) is 24.4 Å². The molecule has 1 saturated carbocycles. The second kappa shape index (κ2) is 9.63. The number of rotatable bonds is 7. The molecule has 2 unspecified atom stereocenters. The number of hydrogen-bond acceptors (Lipinski definition) is 4. The highest BCUT2D eigenvalue weighted by atomic mass is 16.5. The molecule has 0 spiro atoms. The van der Waals surface area contributed by atoms with Gasteiger partial charge < -0.3 is 10.1 Å². The third-order valence-corrected chi connectivity index (χ3v) is 5.70. The predicted molar refractivity (Wildman–Crippen MR) is 94.4 cm³/mol. The lowest BCUT2D eigenvalue weighted by Crippen LogP contribution is -2.52. The van der Waals surface area contributed by atoms with Crippen LogP contribution in [0.2, 0.25) is 0 Å². The number of carbonyl (C=O) groups is 1. The van der Waals surface area contributed by atoms with E-state index in [-0.39, 0.29) is 5.97 Å². The SMILES string of the molecule is COC(=O)CCC1CC(NCC2CCCCC2)CN(C(C)C)C1. The van der Waals surface area contributed by atoms with Crippen LogP contribution in [0.4, 0.5) is 0 Å². The zero-order valence-electron chi connectivity index (χ0n) is 15.4. The van der Waals surface area contributed by atoms with Gasteiger partial charge in [0.1, 0.15) is 0 Å². The van der Waals surface area contributed by atoms with Gasteiger partial charge in [-0.2, -0.15) is 0 Å². The van der Waals surface area contributed by atoms with Gasteiger partial charge in [0.25, 0.3) is 0 Å². The van der Waals surface area contributed by atoms with Gasteiger partial charge in [-0.15, -0.1) is 0 Å². The molecule has 1 heterocycles. The topological polar surface area (TPSA) is 41.6 Å². The van der Waals surface area contributed by atoms with Gasteiger partial charge in [-0.3, -0.25) is 9.69 Å². The molecule has 1 saturated heterocycles. The van der Waals surface area contributed by atoms with Crippen LogP contribution in [-0.2, 0) is 9.53 Å². The molecule has 2 atom stereocenters. The zero-order chi connectivity index (χ0) is 16.7. The molecule has 2 aliphatic rings. The summed E-state index contributed by atoms with van der Waals surface area (Å²) in [6.07, 6.45) is 9.77. The molecule has 0 radical (unpaired) electrons. The molecule has 4 nitrogen and oxygen atoms in total. The van der Waals surface area contributed by atoms with Gasteiger partial charge >= 0.3 is 5.97 Å². The first-order valence-electron chi connectivity index (χ1n) is 9.62. The average molecular weight is 325 g/mol. The van der Waals surface area contributed by atoms with Gasteiger partial charge in [-0.05, 0) is 57.9 Å². The summed E-state index contributed by atoms with van der Waals surface area (Å²) < 4.78 is 4.80. The second-order valence-electron chi connectivity index (χ2n) is 7.87. The van der Waals surface area contributed by atoms with E-state index in [0.717, 1.165) is 25.4 Å². The molecule has 0 bridgehead atoms. The van der Waals surface area contributed by atoms with Gasteiger partial charge in [0.2, 0.25) is 0 Å². The number of nitrogens with zero attached hydrogens (tertiary/aromatic N) is 1. The Morgan fingerprint density at radius 2 is 1.91 bits per heavy atom. The van der Waals surface area contributed by atoms with Crippen LogP contribution in [0.1, 0.15) is 65.2 Å². The van der Waals surface area contributed by atoms with Crippen LogP contribution in [0.3, 0.4) is 0 Å². The van der Waals surface area contributed by atoms with Gasteiger partial charge in [0.15, 0.2) is 0 Å². The van der Waals surface area contributed by atoms with Crippen LogP contribution in [0.15, 0.2) is 0 Å². The fourth-order valence-electron chi connectivity index (χ4n) is 4.17. The fraction of sp³-hybridized carbons (Fsp3) is 0.947. The Labute approximate surface area is 142 Å². The molecule has 0 aromatic heterocycles. The number of piperidine rings is 1. The minimum absolute atomic E-state index is 0.0709. The van der Waals surface area contributed by atoms with Crippen LogP contribution in [0.5, 0.6) is 0 Å². The largest absolute Gasteiger partial charge is 0.469 e. The molecule has 0 aromatic carbocycles. The second-order valence-corrected chi connectivity index (χ2v) is 7.87. The quantitative estimate of drug-likeness (QED) is 0.730. The summed E-state index contributed by atoms with van der Waals surface area (Å²) in [5.74, 6) is 1.42. The minimum Gasteiger partial charge on any atom is -0.469 e. The van der Waals surface area contributed by atoms with Crippen molar-refractivity contribution in [2.75, 3.05) is 26.7 Å². The first-order valence-corrected chi connectivity index (χ1v) is 9.62. The molecule has 23 heavy (non-hydrogen) atoms. The van der Waals surface area contributed by atoms with E-state index >= 15 is 0 Å². The number of esters is 1. The lowest BCUT2D eigenvalue weighted by molar-refractivity contribution is -0.141. The number of hydrogen-bond donors (Lipinski definition) is 1. The highest BCUT2D eigenvalue weighted by Crippen LogP contribution is 2.25. The maximum absolute atomic E-state index is 11.4. The van der Waals surface area contributed by atoms with E-state index in [2.05, 4.69) is 24.1 Å². The van der Waals surface area contributed by atoms with Gasteiger partial charge in [0.05, 0.1) is 7.11 Å². The monoisotopic (exact) mass is 324 g/mol. The first-order chi connectivity index (χ1) is 11.1. The fourth-order valence-corrected chi connectivity index (χ4v) is 4.17. The van der Waals surface area contributed by atoms with Gasteiger partial charge in [-0.1, -0.05) is 19.3 Å². The summed E-state index contributed by atoms with van der Waals surface area (Å²) in [7, 11) is 1.48. The van der Waals surface area contributed by atoms with Gasteiger partial charge in [-0.25, -0.2) is 0 Å². The molecule has 1 N–H and O–H groups in total. The summed E-state index contributed by atoms with van der Waals surface area (Å²) in [6.45, 7) is 8.01. The third-order valence-electron chi connectivity index (χ3n) is 5.70. The molecule has 4 heteroatoms. The van der Waals surface area contributed by atoms with Crippen molar-refractivity contribution in [2.24, 2.45) is 11.8 Å². The Kier molecular flexibility index (Phi) is 7.84. The van der Waals surface area contributed by atoms with Crippen LogP contribution < -0.4 is 5.32 Å². The number of methoxy groups -OCH3 is 1. The van der Waals surface area contributed by atoms with E-state index in [1.54, 1.807) is 0 Å². The lowest BCUT2D eigenvalue weighted by Gasteiger charge is -2.41.